The fourth-order valence-electron chi connectivity index (χ4n) is 3.44. The Morgan fingerprint density at radius 2 is 1.90 bits per heavy atom. The first-order valence-corrected chi connectivity index (χ1v) is 10.6. The maximum Gasteiger partial charge on any atom is 0.251 e. The highest BCUT2D eigenvalue weighted by atomic mass is 35.5. The number of carbonyl (C=O) groups is 2. The zero-order chi connectivity index (χ0) is 20.4. The molecule has 8 heteroatoms. The highest BCUT2D eigenvalue weighted by Gasteiger charge is 2.26. The molecule has 2 amide bonds. The Morgan fingerprint density at radius 1 is 1.17 bits per heavy atom. The standard InChI is InChI=1S/C21H19ClFN3O2S/c22-15-3-6-18-17(11-15)25-21(29-18)14-7-9-26(10-8-14)19(27)12-24-20(28)13-1-4-16(23)5-2-13/h1-6,11,14H,7-10,12H2,(H,24,28). The number of nitrogens with zero attached hydrogens (tertiary/aromatic N) is 2. The maximum absolute atomic E-state index is 12.9. The van der Waals surface area contributed by atoms with Gasteiger partial charge in [-0.1, -0.05) is 11.6 Å². The van der Waals surface area contributed by atoms with Crippen LogP contribution >= 0.6 is 22.9 Å². The molecule has 1 aliphatic heterocycles. The normalized spacial score (nSPS) is 14.9. The lowest BCUT2D eigenvalue weighted by Gasteiger charge is -2.31. The van der Waals surface area contributed by atoms with Crippen molar-refractivity contribution in [1.82, 2.24) is 15.2 Å². The van der Waals surface area contributed by atoms with Crippen LogP contribution in [-0.2, 0) is 4.79 Å². The van der Waals surface area contributed by atoms with Crippen LogP contribution in [0.1, 0.15) is 34.1 Å². The molecule has 5 nitrogen and oxygen atoms in total. The third kappa shape index (κ3) is 4.57. The van der Waals surface area contributed by atoms with E-state index in [9.17, 15) is 14.0 Å². The van der Waals surface area contributed by atoms with E-state index in [1.807, 2.05) is 18.2 Å². The molecule has 2 aromatic carbocycles. The van der Waals surface area contributed by atoms with Crippen molar-refractivity contribution >= 4 is 45.0 Å². The van der Waals surface area contributed by atoms with Crippen molar-refractivity contribution in [3.05, 3.63) is 63.9 Å². The Bertz CT molecular complexity index is 1050. The van der Waals surface area contributed by atoms with Gasteiger partial charge in [-0.05, 0) is 55.3 Å². The smallest absolute Gasteiger partial charge is 0.251 e. The molecule has 150 valence electrons. The van der Waals surface area contributed by atoms with Crippen molar-refractivity contribution < 1.29 is 14.0 Å². The molecule has 1 aliphatic rings. The van der Waals surface area contributed by atoms with Gasteiger partial charge in [-0.2, -0.15) is 0 Å². The summed E-state index contributed by atoms with van der Waals surface area (Å²) in [6.07, 6.45) is 1.68. The second-order valence-electron chi connectivity index (χ2n) is 7.01. The molecule has 3 aromatic rings. The Labute approximate surface area is 176 Å². The van der Waals surface area contributed by atoms with Crippen LogP contribution in [0.4, 0.5) is 4.39 Å². The van der Waals surface area contributed by atoms with E-state index in [1.165, 1.54) is 24.3 Å². The van der Waals surface area contributed by atoms with E-state index in [1.54, 1.807) is 16.2 Å². The van der Waals surface area contributed by atoms with Crippen molar-refractivity contribution in [1.29, 1.82) is 0 Å². The fraction of sp³-hybridized carbons (Fsp3) is 0.286. The summed E-state index contributed by atoms with van der Waals surface area (Å²) < 4.78 is 14.1. The molecule has 0 radical (unpaired) electrons. The molecule has 1 N–H and O–H groups in total. The number of thiazole rings is 1. The van der Waals surface area contributed by atoms with Gasteiger partial charge in [0.15, 0.2) is 0 Å². The van der Waals surface area contributed by atoms with E-state index in [0.717, 1.165) is 28.1 Å². The monoisotopic (exact) mass is 431 g/mol. The van der Waals surface area contributed by atoms with Crippen LogP contribution in [0.2, 0.25) is 5.02 Å². The van der Waals surface area contributed by atoms with Gasteiger partial charge in [0.05, 0.1) is 21.8 Å². The zero-order valence-corrected chi connectivity index (χ0v) is 17.1. The van der Waals surface area contributed by atoms with Gasteiger partial charge in [0.25, 0.3) is 5.91 Å². The molecule has 0 bridgehead atoms. The Morgan fingerprint density at radius 3 is 2.62 bits per heavy atom. The first kappa shape index (κ1) is 19.8. The van der Waals surface area contributed by atoms with Crippen molar-refractivity contribution in [2.24, 2.45) is 0 Å². The molecule has 0 saturated carbocycles. The number of benzene rings is 2. The summed E-state index contributed by atoms with van der Waals surface area (Å²) in [5.74, 6) is -0.586. The van der Waals surface area contributed by atoms with E-state index in [0.29, 0.717) is 29.6 Å². The van der Waals surface area contributed by atoms with Crippen molar-refractivity contribution in [3.63, 3.8) is 0 Å². The summed E-state index contributed by atoms with van der Waals surface area (Å²) in [4.78, 5) is 31.0. The summed E-state index contributed by atoms with van der Waals surface area (Å²) >= 11 is 7.72. The lowest BCUT2D eigenvalue weighted by molar-refractivity contribution is -0.131. The predicted molar refractivity (Wildman–Crippen MR) is 112 cm³/mol. The molecule has 0 unspecified atom stereocenters. The third-order valence-corrected chi connectivity index (χ3v) is 6.50. The van der Waals surface area contributed by atoms with E-state index in [2.05, 4.69) is 5.32 Å². The predicted octanol–water partition coefficient (Wildman–Crippen LogP) is 4.22. The second kappa shape index (κ2) is 8.47. The Kier molecular flexibility index (Phi) is 5.78. The molecular formula is C21H19ClFN3O2S. The minimum absolute atomic E-state index is 0.0689. The van der Waals surface area contributed by atoms with Gasteiger partial charge in [0, 0.05) is 29.6 Å². The molecule has 0 atom stereocenters. The van der Waals surface area contributed by atoms with Crippen LogP contribution in [0.15, 0.2) is 42.5 Å². The number of piperidine rings is 1. The molecule has 1 fully saturated rings. The minimum Gasteiger partial charge on any atom is -0.343 e. The molecule has 2 heterocycles. The van der Waals surface area contributed by atoms with Gasteiger partial charge in [-0.3, -0.25) is 9.59 Å². The number of carbonyl (C=O) groups excluding carboxylic acids is 2. The molecule has 1 aromatic heterocycles. The number of fused-ring (bicyclic) bond motifs is 1. The van der Waals surface area contributed by atoms with Crippen molar-refractivity contribution in [2.75, 3.05) is 19.6 Å². The van der Waals surface area contributed by atoms with Crippen LogP contribution in [0, 0.1) is 5.82 Å². The van der Waals surface area contributed by atoms with Gasteiger partial charge in [-0.25, -0.2) is 9.37 Å². The van der Waals surface area contributed by atoms with Crippen molar-refractivity contribution in [3.8, 4) is 0 Å². The number of likely N-dealkylation sites (tertiary alicyclic amines) is 1. The topological polar surface area (TPSA) is 62.3 Å². The first-order valence-electron chi connectivity index (χ1n) is 9.37. The van der Waals surface area contributed by atoms with Crippen LogP contribution < -0.4 is 5.32 Å². The second-order valence-corrected chi connectivity index (χ2v) is 8.51. The van der Waals surface area contributed by atoms with Crippen molar-refractivity contribution in [2.45, 2.75) is 18.8 Å². The van der Waals surface area contributed by atoms with Crippen LogP contribution in [-0.4, -0.2) is 41.3 Å². The van der Waals surface area contributed by atoms with E-state index in [4.69, 9.17) is 16.6 Å². The summed E-state index contributed by atoms with van der Waals surface area (Å²) in [7, 11) is 0. The highest BCUT2D eigenvalue weighted by molar-refractivity contribution is 7.18. The number of rotatable bonds is 4. The first-order chi connectivity index (χ1) is 14.0. The van der Waals surface area contributed by atoms with E-state index >= 15 is 0 Å². The molecule has 1 saturated heterocycles. The number of hydrogen-bond acceptors (Lipinski definition) is 4. The SMILES string of the molecule is O=C(NCC(=O)N1CCC(c2nc3cc(Cl)ccc3s2)CC1)c1ccc(F)cc1. The highest BCUT2D eigenvalue weighted by Crippen LogP contribution is 2.34. The number of hydrogen-bond donors (Lipinski definition) is 1. The average Bonchev–Trinajstić information content (AvgIpc) is 3.15. The molecule has 0 aliphatic carbocycles. The van der Waals surface area contributed by atoms with Gasteiger partial charge >= 0.3 is 0 Å². The summed E-state index contributed by atoms with van der Waals surface area (Å²) in [6, 6.07) is 11.0. The number of aromatic nitrogens is 1. The van der Waals surface area contributed by atoms with Gasteiger partial charge in [0.1, 0.15) is 5.82 Å². The van der Waals surface area contributed by atoms with E-state index < -0.39 is 5.82 Å². The summed E-state index contributed by atoms with van der Waals surface area (Å²) in [6.45, 7) is 1.19. The lowest BCUT2D eigenvalue weighted by atomic mass is 9.97. The van der Waals surface area contributed by atoms with Crippen LogP contribution in [0.5, 0.6) is 0 Å². The quantitative estimate of drug-likeness (QED) is 0.672. The minimum atomic E-state index is -0.406. The summed E-state index contributed by atoms with van der Waals surface area (Å²) in [5.41, 5.74) is 1.24. The Balaban J connectivity index is 1.30. The van der Waals surface area contributed by atoms with Crippen LogP contribution in [0.3, 0.4) is 0 Å². The number of amides is 2. The average molecular weight is 432 g/mol. The molecule has 0 spiro atoms. The zero-order valence-electron chi connectivity index (χ0n) is 15.5. The third-order valence-electron chi connectivity index (χ3n) is 5.07. The summed E-state index contributed by atoms with van der Waals surface area (Å²) in [5, 5.41) is 4.37. The molecule has 4 rings (SSSR count). The van der Waals surface area contributed by atoms with Crippen LogP contribution in [0.25, 0.3) is 10.2 Å². The Hall–Kier alpha value is -2.51. The fourth-order valence-corrected chi connectivity index (χ4v) is 4.72. The maximum atomic E-state index is 12.9. The molecule has 29 heavy (non-hydrogen) atoms. The van der Waals surface area contributed by atoms with E-state index in [-0.39, 0.29) is 18.4 Å². The van der Waals surface area contributed by atoms with Gasteiger partial charge in [-0.15, -0.1) is 11.3 Å². The molecular weight excluding hydrogens is 413 g/mol. The lowest BCUT2D eigenvalue weighted by Crippen LogP contribution is -2.43. The van der Waals surface area contributed by atoms with Gasteiger partial charge < -0.3 is 10.2 Å². The van der Waals surface area contributed by atoms with Gasteiger partial charge in [0.2, 0.25) is 5.91 Å². The number of nitrogens with one attached hydrogen (secondary N) is 1. The largest absolute Gasteiger partial charge is 0.343 e. The number of halogens is 2.